The largest absolute Gasteiger partial charge is 0.396 e. The zero-order chi connectivity index (χ0) is 10.5. The Kier molecular flexibility index (Phi) is 5.53. The molecule has 0 rings (SSSR count). The first kappa shape index (κ1) is 12.9. The molecule has 3 N–H and O–H groups in total. The van der Waals surface area contributed by atoms with Crippen LogP contribution >= 0.6 is 0 Å². The summed E-state index contributed by atoms with van der Waals surface area (Å²) in [6.07, 6.45) is 0.593. The topological polar surface area (TPSA) is 60.7 Å². The maximum absolute atomic E-state index is 9.81. The zero-order valence-electron chi connectivity index (χ0n) is 8.82. The third-order valence-electron chi connectivity index (χ3n) is 2.74. The highest BCUT2D eigenvalue weighted by atomic mass is 16.3. The Morgan fingerprint density at radius 2 is 1.62 bits per heavy atom. The van der Waals surface area contributed by atoms with Crippen LogP contribution in [0.2, 0.25) is 0 Å². The standard InChI is InChI=1S/C10H22O3/c1-4-10(6-11,7-12)9(13)5-8(2)3/h8-9,11-13H,4-7H2,1-3H3. The van der Waals surface area contributed by atoms with Crippen LogP contribution in [-0.2, 0) is 0 Å². The van der Waals surface area contributed by atoms with Gasteiger partial charge >= 0.3 is 0 Å². The van der Waals surface area contributed by atoms with Gasteiger partial charge in [0, 0.05) is 5.41 Å². The Labute approximate surface area is 80.4 Å². The van der Waals surface area contributed by atoms with E-state index in [2.05, 4.69) is 0 Å². The van der Waals surface area contributed by atoms with E-state index < -0.39 is 11.5 Å². The summed E-state index contributed by atoms with van der Waals surface area (Å²) < 4.78 is 0. The van der Waals surface area contributed by atoms with Crippen LogP contribution in [0.1, 0.15) is 33.6 Å². The fraction of sp³-hybridized carbons (Fsp3) is 1.00. The van der Waals surface area contributed by atoms with Crippen molar-refractivity contribution in [2.75, 3.05) is 13.2 Å². The van der Waals surface area contributed by atoms with Gasteiger partial charge in [-0.05, 0) is 18.8 Å². The molecule has 3 heteroatoms. The van der Waals surface area contributed by atoms with Gasteiger partial charge in [0.05, 0.1) is 19.3 Å². The Hall–Kier alpha value is -0.120. The van der Waals surface area contributed by atoms with Crippen molar-refractivity contribution in [1.82, 2.24) is 0 Å². The second kappa shape index (κ2) is 5.58. The van der Waals surface area contributed by atoms with Crippen molar-refractivity contribution in [3.63, 3.8) is 0 Å². The summed E-state index contributed by atoms with van der Waals surface area (Å²) in [4.78, 5) is 0. The zero-order valence-corrected chi connectivity index (χ0v) is 8.82. The van der Waals surface area contributed by atoms with Crippen molar-refractivity contribution in [2.45, 2.75) is 39.7 Å². The molecule has 0 saturated heterocycles. The summed E-state index contributed by atoms with van der Waals surface area (Å²) in [7, 11) is 0. The van der Waals surface area contributed by atoms with Crippen LogP contribution in [0.15, 0.2) is 0 Å². The Morgan fingerprint density at radius 3 is 1.85 bits per heavy atom. The fourth-order valence-electron chi connectivity index (χ4n) is 1.42. The average Bonchev–Trinajstić information content (AvgIpc) is 2.07. The van der Waals surface area contributed by atoms with Gasteiger partial charge < -0.3 is 15.3 Å². The normalized spacial score (nSPS) is 15.0. The first-order valence-corrected chi connectivity index (χ1v) is 4.92. The number of aliphatic hydroxyl groups excluding tert-OH is 3. The lowest BCUT2D eigenvalue weighted by molar-refractivity contribution is -0.0634. The van der Waals surface area contributed by atoms with Gasteiger partial charge in [-0.15, -0.1) is 0 Å². The Balaban J connectivity index is 4.34. The molecule has 0 radical (unpaired) electrons. The first-order chi connectivity index (χ1) is 6.02. The highest BCUT2D eigenvalue weighted by Crippen LogP contribution is 2.29. The molecule has 3 nitrogen and oxygen atoms in total. The number of aliphatic hydroxyl groups is 3. The number of hydrogen-bond donors (Lipinski definition) is 3. The molecule has 0 aliphatic carbocycles. The molecule has 0 aromatic rings. The molecule has 0 aliphatic rings. The molecule has 80 valence electrons. The Morgan fingerprint density at radius 1 is 1.15 bits per heavy atom. The van der Waals surface area contributed by atoms with Gasteiger partial charge in [-0.2, -0.15) is 0 Å². The van der Waals surface area contributed by atoms with Gasteiger partial charge in [0.25, 0.3) is 0 Å². The molecule has 0 fully saturated rings. The molecule has 0 spiro atoms. The van der Waals surface area contributed by atoms with E-state index in [9.17, 15) is 5.11 Å². The van der Waals surface area contributed by atoms with Crippen molar-refractivity contribution >= 4 is 0 Å². The maximum Gasteiger partial charge on any atom is 0.0642 e. The van der Waals surface area contributed by atoms with Crippen LogP contribution in [0, 0.1) is 11.3 Å². The van der Waals surface area contributed by atoms with Gasteiger partial charge in [0.15, 0.2) is 0 Å². The van der Waals surface area contributed by atoms with Crippen LogP contribution in [0.25, 0.3) is 0 Å². The highest BCUT2D eigenvalue weighted by Gasteiger charge is 2.35. The second-order valence-corrected chi connectivity index (χ2v) is 4.18. The van der Waals surface area contributed by atoms with Crippen LogP contribution in [-0.4, -0.2) is 34.6 Å². The molecule has 0 amide bonds. The minimum Gasteiger partial charge on any atom is -0.396 e. The summed E-state index contributed by atoms with van der Waals surface area (Å²) in [5, 5.41) is 28.1. The Bertz CT molecular complexity index is 122. The van der Waals surface area contributed by atoms with E-state index >= 15 is 0 Å². The maximum atomic E-state index is 9.81. The number of hydrogen-bond acceptors (Lipinski definition) is 3. The molecule has 0 heterocycles. The summed E-state index contributed by atoms with van der Waals surface area (Å²) in [6.45, 7) is 5.58. The van der Waals surface area contributed by atoms with Gasteiger partial charge in [0.1, 0.15) is 0 Å². The smallest absolute Gasteiger partial charge is 0.0642 e. The average molecular weight is 190 g/mol. The van der Waals surface area contributed by atoms with Crippen molar-refractivity contribution in [1.29, 1.82) is 0 Å². The molecule has 0 aliphatic heterocycles. The third-order valence-corrected chi connectivity index (χ3v) is 2.74. The van der Waals surface area contributed by atoms with E-state index in [1.165, 1.54) is 0 Å². The molecule has 0 aromatic carbocycles. The van der Waals surface area contributed by atoms with Crippen LogP contribution < -0.4 is 0 Å². The van der Waals surface area contributed by atoms with Gasteiger partial charge in [-0.3, -0.25) is 0 Å². The molecule has 1 unspecified atom stereocenters. The highest BCUT2D eigenvalue weighted by molar-refractivity contribution is 4.84. The summed E-state index contributed by atoms with van der Waals surface area (Å²) in [5.74, 6) is 0.374. The molecule has 0 saturated carbocycles. The lowest BCUT2D eigenvalue weighted by atomic mass is 9.78. The van der Waals surface area contributed by atoms with Gasteiger partial charge in [-0.25, -0.2) is 0 Å². The quantitative estimate of drug-likeness (QED) is 0.580. The molecular formula is C10H22O3. The van der Waals surface area contributed by atoms with Crippen molar-refractivity contribution < 1.29 is 15.3 Å². The van der Waals surface area contributed by atoms with E-state index in [1.807, 2.05) is 20.8 Å². The molecule has 1 atom stereocenters. The second-order valence-electron chi connectivity index (χ2n) is 4.18. The molecular weight excluding hydrogens is 168 g/mol. The summed E-state index contributed by atoms with van der Waals surface area (Å²) in [6, 6.07) is 0. The predicted octanol–water partition coefficient (Wildman–Crippen LogP) is 0.774. The van der Waals surface area contributed by atoms with E-state index in [-0.39, 0.29) is 13.2 Å². The molecule has 13 heavy (non-hydrogen) atoms. The number of rotatable bonds is 6. The molecule has 0 aromatic heterocycles. The summed E-state index contributed by atoms with van der Waals surface area (Å²) >= 11 is 0. The fourth-order valence-corrected chi connectivity index (χ4v) is 1.42. The van der Waals surface area contributed by atoms with E-state index in [1.54, 1.807) is 0 Å². The summed E-state index contributed by atoms with van der Waals surface area (Å²) in [5.41, 5.74) is -0.718. The van der Waals surface area contributed by atoms with Crippen LogP contribution in [0.3, 0.4) is 0 Å². The van der Waals surface area contributed by atoms with E-state index in [0.717, 1.165) is 0 Å². The van der Waals surface area contributed by atoms with Crippen molar-refractivity contribution in [3.05, 3.63) is 0 Å². The predicted molar refractivity (Wildman–Crippen MR) is 52.4 cm³/mol. The van der Waals surface area contributed by atoms with Gasteiger partial charge in [0.2, 0.25) is 0 Å². The minimum atomic E-state index is -0.718. The third kappa shape index (κ3) is 3.25. The molecule has 0 bridgehead atoms. The van der Waals surface area contributed by atoms with Crippen LogP contribution in [0.5, 0.6) is 0 Å². The van der Waals surface area contributed by atoms with E-state index in [0.29, 0.717) is 18.8 Å². The minimum absolute atomic E-state index is 0.159. The SMILES string of the molecule is CCC(CO)(CO)C(O)CC(C)C. The van der Waals surface area contributed by atoms with E-state index in [4.69, 9.17) is 10.2 Å². The first-order valence-electron chi connectivity index (χ1n) is 4.92. The lowest BCUT2D eigenvalue weighted by Crippen LogP contribution is -2.42. The van der Waals surface area contributed by atoms with Crippen molar-refractivity contribution in [2.24, 2.45) is 11.3 Å². The van der Waals surface area contributed by atoms with Crippen molar-refractivity contribution in [3.8, 4) is 0 Å². The lowest BCUT2D eigenvalue weighted by Gasteiger charge is -2.34. The van der Waals surface area contributed by atoms with Gasteiger partial charge in [-0.1, -0.05) is 20.8 Å². The monoisotopic (exact) mass is 190 g/mol. The van der Waals surface area contributed by atoms with Crippen LogP contribution in [0.4, 0.5) is 0 Å².